The average Bonchev–Trinajstić information content (AvgIpc) is 2.85. The van der Waals surface area contributed by atoms with E-state index in [0.717, 1.165) is 29.6 Å². The smallest absolute Gasteiger partial charge is 0.144 e. The Bertz CT molecular complexity index is 505. The molecule has 0 aromatic carbocycles. The number of hydrogen-bond donors (Lipinski definition) is 0. The van der Waals surface area contributed by atoms with Gasteiger partial charge in [0, 0.05) is 23.5 Å². The molecule has 0 bridgehead atoms. The van der Waals surface area contributed by atoms with Gasteiger partial charge in [-0.1, -0.05) is 30.9 Å². The Hall–Kier alpha value is -0.800. The summed E-state index contributed by atoms with van der Waals surface area (Å²) in [6.45, 7) is 1.91. The number of allylic oxidation sites excluding steroid dienone is 1. The van der Waals surface area contributed by atoms with Crippen molar-refractivity contribution in [1.82, 2.24) is 4.90 Å². The predicted octanol–water partition coefficient (Wildman–Crippen LogP) is 4.59. The third-order valence-electron chi connectivity index (χ3n) is 4.58. The van der Waals surface area contributed by atoms with Crippen LogP contribution in [0.2, 0.25) is 4.34 Å². The third kappa shape index (κ3) is 2.94. The van der Waals surface area contributed by atoms with Crippen molar-refractivity contribution in [3.05, 3.63) is 33.1 Å². The van der Waals surface area contributed by atoms with Crippen molar-refractivity contribution < 1.29 is 4.79 Å². The fraction of sp³-hybridized carbons (Fsp3) is 0.562. The van der Waals surface area contributed by atoms with Crippen LogP contribution in [0.15, 0.2) is 18.3 Å². The van der Waals surface area contributed by atoms with Crippen LogP contribution < -0.4 is 0 Å². The largest absolute Gasteiger partial charge is 0.372 e. The quantitative estimate of drug-likeness (QED) is 0.601. The first-order chi connectivity index (χ1) is 9.78. The minimum atomic E-state index is 0.583. The summed E-state index contributed by atoms with van der Waals surface area (Å²) in [5, 5.41) is 0. The first-order valence-electron chi connectivity index (χ1n) is 7.42. The molecule has 1 fully saturated rings. The highest BCUT2D eigenvalue weighted by Crippen LogP contribution is 2.44. The summed E-state index contributed by atoms with van der Waals surface area (Å²) >= 11 is 7.93. The summed E-state index contributed by atoms with van der Waals surface area (Å²) in [6, 6.07) is 2.18. The Balaban J connectivity index is 1.86. The second-order valence-electron chi connectivity index (χ2n) is 5.84. The Morgan fingerprint density at radius 2 is 2.10 bits per heavy atom. The van der Waals surface area contributed by atoms with Crippen LogP contribution in [-0.4, -0.2) is 17.7 Å². The lowest BCUT2D eigenvalue weighted by molar-refractivity contribution is -0.104. The number of carbonyl (C=O) groups excluding carboxylic acids is 1. The van der Waals surface area contributed by atoms with Gasteiger partial charge in [-0.05, 0) is 36.5 Å². The molecule has 2 nitrogen and oxygen atoms in total. The van der Waals surface area contributed by atoms with Crippen molar-refractivity contribution >= 4 is 29.2 Å². The Morgan fingerprint density at radius 1 is 1.30 bits per heavy atom. The number of aldehydes is 1. The van der Waals surface area contributed by atoms with E-state index in [4.69, 9.17) is 11.6 Å². The Kier molecular flexibility index (Phi) is 4.47. The molecule has 0 radical (unpaired) electrons. The molecular formula is C16H20ClNOS. The molecule has 108 valence electrons. The van der Waals surface area contributed by atoms with E-state index in [2.05, 4.69) is 11.0 Å². The molecule has 0 saturated heterocycles. The summed E-state index contributed by atoms with van der Waals surface area (Å²) in [7, 11) is 0. The van der Waals surface area contributed by atoms with Crippen molar-refractivity contribution in [2.45, 2.75) is 44.6 Å². The molecule has 0 amide bonds. The molecule has 1 aromatic heterocycles. The van der Waals surface area contributed by atoms with E-state index in [1.165, 1.54) is 42.5 Å². The third-order valence-corrected chi connectivity index (χ3v) is 5.85. The molecule has 1 aromatic rings. The van der Waals surface area contributed by atoms with Crippen molar-refractivity contribution in [1.29, 1.82) is 0 Å². The number of thiophene rings is 1. The molecule has 1 aliphatic heterocycles. The van der Waals surface area contributed by atoms with Gasteiger partial charge in [-0.2, -0.15) is 0 Å². The molecule has 20 heavy (non-hydrogen) atoms. The van der Waals surface area contributed by atoms with Gasteiger partial charge in [0.25, 0.3) is 0 Å². The van der Waals surface area contributed by atoms with Gasteiger partial charge < -0.3 is 4.90 Å². The van der Waals surface area contributed by atoms with Crippen LogP contribution in [0.5, 0.6) is 0 Å². The molecule has 1 saturated carbocycles. The highest BCUT2D eigenvalue weighted by molar-refractivity contribution is 7.16. The number of nitrogens with zero attached hydrogens (tertiary/aromatic N) is 1. The summed E-state index contributed by atoms with van der Waals surface area (Å²) in [6.07, 6.45) is 11.2. The SMILES string of the molecule is O=CC=CN1Cc2sc(Cl)cc2[C@H](C2CCCCC2)C1. The molecule has 0 spiro atoms. The van der Waals surface area contributed by atoms with E-state index >= 15 is 0 Å². The van der Waals surface area contributed by atoms with Crippen LogP contribution in [0.4, 0.5) is 0 Å². The molecule has 2 heterocycles. The Morgan fingerprint density at radius 3 is 2.85 bits per heavy atom. The zero-order valence-corrected chi connectivity index (χ0v) is 13.1. The first kappa shape index (κ1) is 14.2. The molecule has 2 aliphatic rings. The van der Waals surface area contributed by atoms with Crippen LogP contribution in [0.25, 0.3) is 0 Å². The minimum absolute atomic E-state index is 0.583. The fourth-order valence-electron chi connectivity index (χ4n) is 3.66. The van der Waals surface area contributed by atoms with E-state index in [9.17, 15) is 4.79 Å². The van der Waals surface area contributed by atoms with Gasteiger partial charge in [-0.3, -0.25) is 4.79 Å². The lowest BCUT2D eigenvalue weighted by Crippen LogP contribution is -2.33. The molecule has 1 atom stereocenters. The summed E-state index contributed by atoms with van der Waals surface area (Å²) in [5.74, 6) is 1.36. The van der Waals surface area contributed by atoms with E-state index in [1.807, 2.05) is 6.20 Å². The number of rotatable bonds is 3. The normalized spacial score (nSPS) is 24.1. The maximum absolute atomic E-state index is 10.5. The monoisotopic (exact) mass is 309 g/mol. The molecule has 1 aliphatic carbocycles. The van der Waals surface area contributed by atoms with Crippen LogP contribution in [0, 0.1) is 5.92 Å². The van der Waals surface area contributed by atoms with Crippen LogP contribution in [0.3, 0.4) is 0 Å². The zero-order chi connectivity index (χ0) is 13.9. The summed E-state index contributed by atoms with van der Waals surface area (Å²) in [5.41, 5.74) is 1.47. The summed E-state index contributed by atoms with van der Waals surface area (Å²) in [4.78, 5) is 14.2. The van der Waals surface area contributed by atoms with Gasteiger partial charge in [0.2, 0.25) is 0 Å². The standard InChI is InChI=1S/C16H20ClNOS/c17-16-9-13-14(12-5-2-1-3-6-12)10-18(7-4-8-19)11-15(13)20-16/h4,7-9,12,14H,1-3,5-6,10-11H2/t14-/m0/s1. The van der Waals surface area contributed by atoms with Gasteiger partial charge in [-0.25, -0.2) is 0 Å². The number of carbonyl (C=O) groups is 1. The second kappa shape index (κ2) is 6.31. The van der Waals surface area contributed by atoms with Gasteiger partial charge >= 0.3 is 0 Å². The number of halogens is 1. The lowest BCUT2D eigenvalue weighted by Gasteiger charge is -2.38. The lowest BCUT2D eigenvalue weighted by atomic mass is 9.75. The highest BCUT2D eigenvalue weighted by Gasteiger charge is 2.32. The topological polar surface area (TPSA) is 20.3 Å². The van der Waals surface area contributed by atoms with Crippen molar-refractivity contribution in [2.75, 3.05) is 6.54 Å². The fourth-order valence-corrected chi connectivity index (χ4v) is 5.03. The molecule has 3 rings (SSSR count). The van der Waals surface area contributed by atoms with E-state index in [0.29, 0.717) is 5.92 Å². The predicted molar refractivity (Wildman–Crippen MR) is 84.3 cm³/mol. The van der Waals surface area contributed by atoms with Crippen molar-refractivity contribution in [3.8, 4) is 0 Å². The summed E-state index contributed by atoms with van der Waals surface area (Å²) < 4.78 is 0.900. The van der Waals surface area contributed by atoms with Crippen molar-refractivity contribution in [2.24, 2.45) is 5.92 Å². The van der Waals surface area contributed by atoms with E-state index in [-0.39, 0.29) is 0 Å². The van der Waals surface area contributed by atoms with Crippen molar-refractivity contribution in [3.63, 3.8) is 0 Å². The molecule has 4 heteroatoms. The molecular weight excluding hydrogens is 290 g/mol. The van der Waals surface area contributed by atoms with Gasteiger partial charge in [0.15, 0.2) is 0 Å². The first-order valence-corrected chi connectivity index (χ1v) is 8.61. The maximum Gasteiger partial charge on any atom is 0.144 e. The average molecular weight is 310 g/mol. The zero-order valence-electron chi connectivity index (χ0n) is 11.6. The minimum Gasteiger partial charge on any atom is -0.372 e. The molecule has 0 unspecified atom stereocenters. The Labute approximate surface area is 129 Å². The molecule has 0 N–H and O–H groups in total. The maximum atomic E-state index is 10.5. The number of fused-ring (bicyclic) bond motifs is 1. The van der Waals surface area contributed by atoms with Gasteiger partial charge in [0.1, 0.15) is 6.29 Å². The second-order valence-corrected chi connectivity index (χ2v) is 7.61. The van der Waals surface area contributed by atoms with Crippen LogP contribution >= 0.6 is 22.9 Å². The van der Waals surface area contributed by atoms with Crippen LogP contribution in [-0.2, 0) is 11.3 Å². The van der Waals surface area contributed by atoms with Crippen LogP contribution in [0.1, 0.15) is 48.5 Å². The van der Waals surface area contributed by atoms with Gasteiger partial charge in [-0.15, -0.1) is 11.3 Å². The van der Waals surface area contributed by atoms with E-state index in [1.54, 1.807) is 17.4 Å². The van der Waals surface area contributed by atoms with Gasteiger partial charge in [0.05, 0.1) is 10.9 Å². The van der Waals surface area contributed by atoms with E-state index < -0.39 is 0 Å². The number of hydrogen-bond acceptors (Lipinski definition) is 3. The highest BCUT2D eigenvalue weighted by atomic mass is 35.5.